The smallest absolute Gasteiger partial charge is 0.217 e. The van der Waals surface area contributed by atoms with Gasteiger partial charge in [-0.15, -0.1) is 0 Å². The molecule has 0 spiro atoms. The highest BCUT2D eigenvalue weighted by Gasteiger charge is 2.05. The summed E-state index contributed by atoms with van der Waals surface area (Å²) < 4.78 is 13.0. The Kier molecular flexibility index (Phi) is 4.57. The maximum absolute atomic E-state index is 13.0. The monoisotopic (exact) mass is 235 g/mol. The van der Waals surface area contributed by atoms with Gasteiger partial charge in [-0.3, -0.25) is 9.59 Å². The maximum Gasteiger partial charge on any atom is 0.217 e. The fourth-order valence-electron chi connectivity index (χ4n) is 1.38. The molecule has 0 fully saturated rings. The lowest BCUT2D eigenvalue weighted by molar-refractivity contribution is -0.118. The number of Topliss-reactive ketones (excluding diaryl/α,β-unsaturated/α-hetero) is 1. The van der Waals surface area contributed by atoms with Gasteiger partial charge in [0.25, 0.3) is 0 Å². The first-order chi connectivity index (χ1) is 8.00. The lowest BCUT2D eigenvalue weighted by Crippen LogP contribution is -2.19. The number of ketones is 1. The van der Waals surface area contributed by atoms with E-state index in [1.807, 2.05) is 0 Å². The van der Waals surface area contributed by atoms with Crippen molar-refractivity contribution in [2.75, 3.05) is 6.54 Å². The largest absolute Gasteiger partial charge is 0.353 e. The summed E-state index contributed by atoms with van der Waals surface area (Å²) in [6, 6.07) is 4.00. The van der Waals surface area contributed by atoms with Crippen LogP contribution in [0.5, 0.6) is 0 Å². The number of halogens is 1. The summed E-state index contributed by atoms with van der Waals surface area (Å²) in [5.74, 6) is -0.654. The summed E-state index contributed by atoms with van der Waals surface area (Å²) in [6.07, 6.45) is 3.29. The molecule has 0 bridgehead atoms. The number of nitrogens with one attached hydrogen (secondary N) is 1. The van der Waals surface area contributed by atoms with Crippen molar-refractivity contribution in [3.63, 3.8) is 0 Å². The minimum Gasteiger partial charge on any atom is -0.353 e. The Labute approximate surface area is 99.3 Å². The molecule has 0 aliphatic rings. The molecule has 0 atom stereocenters. The third-order valence-electron chi connectivity index (χ3n) is 2.16. The van der Waals surface area contributed by atoms with Crippen LogP contribution in [-0.2, 0) is 4.79 Å². The van der Waals surface area contributed by atoms with Gasteiger partial charge in [0.15, 0.2) is 5.78 Å². The average molecular weight is 235 g/mol. The number of carbonyl (C=O) groups excluding carboxylic acids is 2. The molecule has 0 saturated heterocycles. The van der Waals surface area contributed by atoms with Crippen LogP contribution in [0.4, 0.5) is 4.39 Å². The van der Waals surface area contributed by atoms with Crippen LogP contribution in [0, 0.1) is 5.82 Å². The van der Waals surface area contributed by atoms with Gasteiger partial charge < -0.3 is 5.32 Å². The van der Waals surface area contributed by atoms with E-state index in [4.69, 9.17) is 0 Å². The van der Waals surface area contributed by atoms with Crippen molar-refractivity contribution >= 4 is 17.8 Å². The normalized spacial score (nSPS) is 10.5. The quantitative estimate of drug-likeness (QED) is 0.813. The zero-order valence-electron chi connectivity index (χ0n) is 9.79. The molecule has 1 amide bonds. The first-order valence-electron chi connectivity index (χ1n) is 5.22. The van der Waals surface area contributed by atoms with Gasteiger partial charge in [0.05, 0.1) is 0 Å². The summed E-state index contributed by atoms with van der Waals surface area (Å²) in [5, 5.41) is 2.57. The fourth-order valence-corrected chi connectivity index (χ4v) is 1.38. The molecule has 3 nitrogen and oxygen atoms in total. The minimum absolute atomic E-state index is 0.121. The summed E-state index contributed by atoms with van der Waals surface area (Å²) in [7, 11) is 0. The summed E-state index contributed by atoms with van der Waals surface area (Å²) in [5.41, 5.74) is 0.980. The second kappa shape index (κ2) is 5.94. The standard InChI is InChI=1S/C13H14FNO2/c1-9(16)13-6-5-12(14)8-11(13)4-3-7-15-10(2)17/h3-6,8H,7H2,1-2H3,(H,15,17). The predicted molar refractivity (Wildman–Crippen MR) is 64.1 cm³/mol. The van der Waals surface area contributed by atoms with Crippen LogP contribution in [0.3, 0.4) is 0 Å². The molecule has 0 saturated carbocycles. The number of amides is 1. The highest BCUT2D eigenvalue weighted by atomic mass is 19.1. The van der Waals surface area contributed by atoms with Gasteiger partial charge in [-0.1, -0.05) is 12.2 Å². The molecular formula is C13H14FNO2. The van der Waals surface area contributed by atoms with E-state index in [-0.39, 0.29) is 11.7 Å². The zero-order chi connectivity index (χ0) is 12.8. The molecule has 0 heterocycles. The molecule has 90 valence electrons. The van der Waals surface area contributed by atoms with Crippen molar-refractivity contribution in [1.82, 2.24) is 5.32 Å². The molecule has 17 heavy (non-hydrogen) atoms. The Hall–Kier alpha value is -1.97. The highest BCUT2D eigenvalue weighted by molar-refractivity contribution is 5.97. The van der Waals surface area contributed by atoms with E-state index in [9.17, 15) is 14.0 Å². The van der Waals surface area contributed by atoms with E-state index in [1.54, 1.807) is 12.2 Å². The molecule has 0 aliphatic carbocycles. The molecule has 0 aliphatic heterocycles. The lowest BCUT2D eigenvalue weighted by atomic mass is 10.0. The molecule has 1 aromatic carbocycles. The van der Waals surface area contributed by atoms with Crippen LogP contribution in [0.1, 0.15) is 29.8 Å². The van der Waals surface area contributed by atoms with Gasteiger partial charge in [-0.05, 0) is 30.7 Å². The van der Waals surface area contributed by atoms with E-state index in [0.717, 1.165) is 0 Å². The predicted octanol–water partition coefficient (Wildman–Crippen LogP) is 2.18. The van der Waals surface area contributed by atoms with Gasteiger partial charge in [0.1, 0.15) is 5.82 Å². The summed E-state index contributed by atoms with van der Waals surface area (Å²) in [4.78, 5) is 21.9. The van der Waals surface area contributed by atoms with Gasteiger partial charge >= 0.3 is 0 Å². The van der Waals surface area contributed by atoms with Crippen LogP contribution in [0.2, 0.25) is 0 Å². The van der Waals surface area contributed by atoms with E-state index < -0.39 is 5.82 Å². The molecule has 4 heteroatoms. The highest BCUT2D eigenvalue weighted by Crippen LogP contribution is 2.13. The third-order valence-corrected chi connectivity index (χ3v) is 2.16. The van der Waals surface area contributed by atoms with Crippen molar-refractivity contribution in [1.29, 1.82) is 0 Å². The zero-order valence-corrected chi connectivity index (χ0v) is 9.79. The number of benzene rings is 1. The second-order valence-electron chi connectivity index (χ2n) is 3.63. The third kappa shape index (κ3) is 4.18. The van der Waals surface area contributed by atoms with Crippen LogP contribution < -0.4 is 5.32 Å². The van der Waals surface area contributed by atoms with E-state index in [0.29, 0.717) is 17.7 Å². The van der Waals surface area contributed by atoms with E-state index in [1.165, 1.54) is 32.0 Å². The van der Waals surface area contributed by atoms with Gasteiger partial charge in [0, 0.05) is 19.0 Å². The van der Waals surface area contributed by atoms with Crippen LogP contribution in [0.25, 0.3) is 6.08 Å². The van der Waals surface area contributed by atoms with Crippen molar-refractivity contribution in [3.05, 3.63) is 41.2 Å². The van der Waals surface area contributed by atoms with Crippen molar-refractivity contribution < 1.29 is 14.0 Å². The molecule has 1 aromatic rings. The first-order valence-corrected chi connectivity index (χ1v) is 5.22. The molecule has 1 N–H and O–H groups in total. The number of rotatable bonds is 4. The summed E-state index contributed by atoms with van der Waals surface area (Å²) in [6.45, 7) is 3.19. The van der Waals surface area contributed by atoms with Crippen LogP contribution >= 0.6 is 0 Å². The van der Waals surface area contributed by atoms with Crippen molar-refractivity contribution in [2.45, 2.75) is 13.8 Å². The van der Waals surface area contributed by atoms with Gasteiger partial charge in [-0.2, -0.15) is 0 Å². The fraction of sp³-hybridized carbons (Fsp3) is 0.231. The minimum atomic E-state index is -0.394. The molecule has 1 rings (SSSR count). The number of hydrogen-bond donors (Lipinski definition) is 1. The second-order valence-corrected chi connectivity index (χ2v) is 3.63. The van der Waals surface area contributed by atoms with Crippen molar-refractivity contribution in [3.8, 4) is 0 Å². The molecule has 0 radical (unpaired) electrons. The number of hydrogen-bond acceptors (Lipinski definition) is 2. The average Bonchev–Trinajstić information content (AvgIpc) is 2.23. The Morgan fingerprint density at radius 2 is 2.06 bits per heavy atom. The Morgan fingerprint density at radius 1 is 1.35 bits per heavy atom. The molecule has 0 unspecified atom stereocenters. The van der Waals surface area contributed by atoms with E-state index in [2.05, 4.69) is 5.32 Å². The number of carbonyl (C=O) groups is 2. The maximum atomic E-state index is 13.0. The van der Waals surface area contributed by atoms with E-state index >= 15 is 0 Å². The first kappa shape index (κ1) is 13.1. The molecule has 0 aromatic heterocycles. The van der Waals surface area contributed by atoms with Gasteiger partial charge in [0.2, 0.25) is 5.91 Å². The Morgan fingerprint density at radius 3 is 2.65 bits per heavy atom. The lowest BCUT2D eigenvalue weighted by Gasteiger charge is -2.02. The SMILES string of the molecule is CC(=O)NCC=Cc1cc(F)ccc1C(C)=O. The summed E-state index contributed by atoms with van der Waals surface area (Å²) >= 11 is 0. The Balaban J connectivity index is 2.85. The van der Waals surface area contributed by atoms with Gasteiger partial charge in [-0.25, -0.2) is 4.39 Å². The van der Waals surface area contributed by atoms with Crippen LogP contribution in [0.15, 0.2) is 24.3 Å². The van der Waals surface area contributed by atoms with Crippen molar-refractivity contribution in [2.24, 2.45) is 0 Å². The molecular weight excluding hydrogens is 221 g/mol. The Bertz CT molecular complexity index is 466. The topological polar surface area (TPSA) is 46.2 Å². The van der Waals surface area contributed by atoms with Crippen LogP contribution in [-0.4, -0.2) is 18.2 Å².